The van der Waals surface area contributed by atoms with Gasteiger partial charge in [0.1, 0.15) is 5.60 Å². The standard InChI is InChI=1S/C36H44O2/c1-24(14-16-30(25-10-6-4-7-11-25)26-12-8-5-9-13-26)27-20-32-31-17-15-28-21-29-18-19-35(28,3)36(31,38-29)33(37)23-34(32,2)22-27/h4-13,16,24,27-29,31-32H,14-15,17-23H2,1-3H3/t24-,27+,28+,29+,31-,32+,34-,35?,36-/m0/s1. The average Bonchev–Trinajstić information content (AvgIpc) is 3.27. The van der Waals surface area contributed by atoms with Crippen LogP contribution in [0, 0.1) is 40.4 Å². The van der Waals surface area contributed by atoms with Crippen molar-refractivity contribution in [3.8, 4) is 0 Å². The number of hydrogen-bond donors (Lipinski definition) is 0. The number of carbonyl (C=O) groups excluding carboxylic acids is 1. The Bertz CT molecular complexity index is 1190. The molecule has 2 aliphatic heterocycles. The number of ether oxygens (including phenoxy) is 1. The van der Waals surface area contributed by atoms with Gasteiger partial charge in [0.15, 0.2) is 5.78 Å². The molecule has 1 spiro atoms. The van der Waals surface area contributed by atoms with Crippen LogP contribution in [0.5, 0.6) is 0 Å². The molecule has 4 saturated carbocycles. The summed E-state index contributed by atoms with van der Waals surface area (Å²) in [5, 5.41) is 0. The maximum atomic E-state index is 14.2. The van der Waals surface area contributed by atoms with Gasteiger partial charge in [-0.2, -0.15) is 0 Å². The van der Waals surface area contributed by atoms with Crippen molar-refractivity contribution in [2.75, 3.05) is 0 Å². The molecule has 4 bridgehead atoms. The van der Waals surface area contributed by atoms with E-state index in [2.05, 4.69) is 87.5 Å². The number of benzene rings is 2. The molecule has 0 radical (unpaired) electrons. The SMILES string of the molecule is C[C@@H](CC=C(c1ccccc1)c1ccccc1)[C@@H]1C[C@@H]2[C@@H]3CC[C@@H]4C[C@H]5CCC4(C)[C@@]3(O5)C(=O)C[C@]2(C)C1. The minimum atomic E-state index is -0.479. The first-order chi connectivity index (χ1) is 18.3. The first-order valence-corrected chi connectivity index (χ1v) is 15.4. The Morgan fingerprint density at radius 2 is 1.63 bits per heavy atom. The van der Waals surface area contributed by atoms with Crippen molar-refractivity contribution in [1.29, 1.82) is 0 Å². The average molecular weight is 509 g/mol. The molecule has 0 amide bonds. The fraction of sp³-hybridized carbons (Fsp3) is 0.583. The van der Waals surface area contributed by atoms with Crippen molar-refractivity contribution >= 4 is 11.4 Å². The molecular weight excluding hydrogens is 464 g/mol. The van der Waals surface area contributed by atoms with Crippen molar-refractivity contribution in [1.82, 2.24) is 0 Å². The molecule has 9 atom stereocenters. The summed E-state index contributed by atoms with van der Waals surface area (Å²) in [6.07, 6.45) is 13.2. The van der Waals surface area contributed by atoms with Crippen molar-refractivity contribution < 1.29 is 9.53 Å². The fourth-order valence-electron chi connectivity index (χ4n) is 10.3. The largest absolute Gasteiger partial charge is 0.363 e. The van der Waals surface area contributed by atoms with Crippen LogP contribution >= 0.6 is 0 Å². The number of ketones is 1. The van der Waals surface area contributed by atoms with Gasteiger partial charge in [-0.05, 0) is 103 Å². The highest BCUT2D eigenvalue weighted by Crippen LogP contribution is 2.72. The van der Waals surface area contributed by atoms with Crippen LogP contribution in [-0.2, 0) is 9.53 Å². The van der Waals surface area contributed by atoms with Crippen molar-refractivity contribution in [3.63, 3.8) is 0 Å². The molecule has 200 valence electrons. The lowest BCUT2D eigenvalue weighted by molar-refractivity contribution is -0.306. The maximum absolute atomic E-state index is 14.2. The van der Waals surface area contributed by atoms with Gasteiger partial charge in [0.05, 0.1) is 6.10 Å². The smallest absolute Gasteiger partial charge is 0.166 e. The molecule has 0 aromatic heterocycles. The van der Waals surface area contributed by atoms with Gasteiger partial charge in [-0.25, -0.2) is 0 Å². The summed E-state index contributed by atoms with van der Waals surface area (Å²) in [6, 6.07) is 21.7. The summed E-state index contributed by atoms with van der Waals surface area (Å²) >= 11 is 0. The Balaban J connectivity index is 1.15. The van der Waals surface area contributed by atoms with E-state index in [0.29, 0.717) is 41.5 Å². The van der Waals surface area contributed by atoms with Crippen LogP contribution in [0.4, 0.5) is 0 Å². The van der Waals surface area contributed by atoms with Gasteiger partial charge in [-0.1, -0.05) is 87.5 Å². The first kappa shape index (κ1) is 24.8. The minimum absolute atomic E-state index is 0.0653. The quantitative estimate of drug-likeness (QED) is 0.405. The summed E-state index contributed by atoms with van der Waals surface area (Å²) in [5.74, 6) is 3.48. The van der Waals surface area contributed by atoms with Gasteiger partial charge in [0.25, 0.3) is 0 Å². The molecule has 4 aliphatic carbocycles. The lowest BCUT2D eigenvalue weighted by Gasteiger charge is -2.70. The third kappa shape index (κ3) is 3.51. The van der Waals surface area contributed by atoms with E-state index in [1.165, 1.54) is 55.2 Å². The second kappa shape index (κ2) is 8.91. The molecule has 2 saturated heterocycles. The van der Waals surface area contributed by atoms with Crippen LogP contribution in [0.25, 0.3) is 5.57 Å². The highest BCUT2D eigenvalue weighted by Gasteiger charge is 2.74. The summed E-state index contributed by atoms with van der Waals surface area (Å²) in [6.45, 7) is 7.36. The molecule has 1 unspecified atom stereocenters. The Hall–Kier alpha value is -2.19. The lowest BCUT2D eigenvalue weighted by atomic mass is 9.41. The molecule has 38 heavy (non-hydrogen) atoms. The van der Waals surface area contributed by atoms with Crippen LogP contribution in [0.2, 0.25) is 0 Å². The number of carbonyl (C=O) groups is 1. The molecule has 2 aromatic carbocycles. The van der Waals surface area contributed by atoms with Crippen LogP contribution in [-0.4, -0.2) is 17.5 Å². The van der Waals surface area contributed by atoms with E-state index in [4.69, 9.17) is 4.74 Å². The Labute approximate surface area is 229 Å². The zero-order valence-corrected chi connectivity index (χ0v) is 23.5. The molecule has 2 heterocycles. The molecule has 2 aromatic rings. The van der Waals surface area contributed by atoms with Gasteiger partial charge >= 0.3 is 0 Å². The Kier molecular flexibility index (Phi) is 5.82. The number of hydrogen-bond acceptors (Lipinski definition) is 2. The summed E-state index contributed by atoms with van der Waals surface area (Å²) in [5.41, 5.74) is 3.65. The molecule has 0 N–H and O–H groups in total. The monoisotopic (exact) mass is 508 g/mol. The topological polar surface area (TPSA) is 26.3 Å². The second-order valence-electron chi connectivity index (χ2n) is 14.2. The van der Waals surface area contributed by atoms with Crippen molar-refractivity contribution in [3.05, 3.63) is 77.9 Å². The maximum Gasteiger partial charge on any atom is 0.166 e. The van der Waals surface area contributed by atoms with E-state index >= 15 is 0 Å². The predicted molar refractivity (Wildman–Crippen MR) is 153 cm³/mol. The highest BCUT2D eigenvalue weighted by atomic mass is 16.5. The summed E-state index contributed by atoms with van der Waals surface area (Å²) in [4.78, 5) is 14.2. The van der Waals surface area contributed by atoms with E-state index in [1.807, 2.05) is 0 Å². The molecule has 8 rings (SSSR count). The first-order valence-electron chi connectivity index (χ1n) is 15.4. The normalized spacial score (nSPS) is 41.8. The fourth-order valence-corrected chi connectivity index (χ4v) is 10.3. The number of allylic oxidation sites excluding steroid dienone is 1. The molecule has 6 fully saturated rings. The Morgan fingerprint density at radius 1 is 0.947 bits per heavy atom. The van der Waals surface area contributed by atoms with E-state index in [1.54, 1.807) is 0 Å². The Morgan fingerprint density at radius 3 is 2.32 bits per heavy atom. The third-order valence-electron chi connectivity index (χ3n) is 12.3. The second-order valence-corrected chi connectivity index (χ2v) is 14.2. The third-order valence-corrected chi connectivity index (χ3v) is 12.3. The lowest BCUT2D eigenvalue weighted by Crippen LogP contribution is -2.74. The van der Waals surface area contributed by atoms with Gasteiger partial charge in [0, 0.05) is 11.8 Å². The number of Topliss-reactive ketones (excluding diaryl/α,β-unsaturated/α-hetero) is 1. The van der Waals surface area contributed by atoms with E-state index < -0.39 is 5.60 Å². The van der Waals surface area contributed by atoms with Gasteiger partial charge in [-0.15, -0.1) is 0 Å². The molecule has 6 aliphatic rings. The minimum Gasteiger partial charge on any atom is -0.363 e. The van der Waals surface area contributed by atoms with E-state index in [-0.39, 0.29) is 10.8 Å². The van der Waals surface area contributed by atoms with E-state index in [0.717, 1.165) is 19.3 Å². The number of fused-ring (bicyclic) bond motifs is 3. The van der Waals surface area contributed by atoms with Gasteiger partial charge < -0.3 is 4.74 Å². The summed E-state index contributed by atoms with van der Waals surface area (Å²) < 4.78 is 6.93. The highest BCUT2D eigenvalue weighted by molar-refractivity contribution is 5.91. The predicted octanol–water partition coefficient (Wildman–Crippen LogP) is 8.50. The zero-order valence-electron chi connectivity index (χ0n) is 23.5. The van der Waals surface area contributed by atoms with Crippen molar-refractivity contribution in [2.24, 2.45) is 40.4 Å². The van der Waals surface area contributed by atoms with Crippen molar-refractivity contribution in [2.45, 2.75) is 90.3 Å². The van der Waals surface area contributed by atoms with Gasteiger partial charge in [0.2, 0.25) is 0 Å². The number of rotatable bonds is 5. The summed E-state index contributed by atoms with van der Waals surface area (Å²) in [7, 11) is 0. The van der Waals surface area contributed by atoms with Crippen LogP contribution in [0.15, 0.2) is 66.7 Å². The van der Waals surface area contributed by atoms with Crippen LogP contribution < -0.4 is 0 Å². The van der Waals surface area contributed by atoms with Gasteiger partial charge in [-0.3, -0.25) is 4.79 Å². The molecule has 2 nitrogen and oxygen atoms in total. The van der Waals surface area contributed by atoms with Crippen LogP contribution in [0.1, 0.15) is 89.7 Å². The zero-order chi connectivity index (χ0) is 26.1. The van der Waals surface area contributed by atoms with E-state index in [9.17, 15) is 4.79 Å². The molecular formula is C36H44O2. The van der Waals surface area contributed by atoms with Crippen LogP contribution in [0.3, 0.4) is 0 Å². The molecule has 2 heteroatoms.